The number of nitrogens with one attached hydrogen (secondary N) is 1. The summed E-state index contributed by atoms with van der Waals surface area (Å²) in [5, 5.41) is 2.68. The number of aromatic nitrogens is 1. The third kappa shape index (κ3) is 4.15. The van der Waals surface area contributed by atoms with E-state index in [0.29, 0.717) is 11.3 Å². The average molecular weight is 334 g/mol. The summed E-state index contributed by atoms with van der Waals surface area (Å²) in [5.74, 6) is 0.0406. The molecule has 1 amide bonds. The van der Waals surface area contributed by atoms with Crippen molar-refractivity contribution in [2.45, 2.75) is 25.7 Å². The number of hydrogen-bond donors (Lipinski definition) is 1. The molecule has 4 heteroatoms. The lowest BCUT2D eigenvalue weighted by molar-refractivity contribution is -0.109. The van der Waals surface area contributed by atoms with Crippen LogP contribution in [-0.2, 0) is 11.2 Å². The van der Waals surface area contributed by atoms with Crippen LogP contribution in [0.3, 0.4) is 0 Å². The number of pyridine rings is 1. The second-order valence-corrected chi connectivity index (χ2v) is 6.13. The number of benzene rings is 1. The fourth-order valence-corrected chi connectivity index (χ4v) is 3.06. The summed E-state index contributed by atoms with van der Waals surface area (Å²) in [4.78, 5) is 23.1. The number of unbranched alkanes of at least 4 members (excludes halogenated alkanes) is 2. The average Bonchev–Trinajstić information content (AvgIpc) is 3.12. The predicted molar refractivity (Wildman–Crippen MR) is 98.9 cm³/mol. The van der Waals surface area contributed by atoms with E-state index in [1.165, 1.54) is 5.56 Å². The summed E-state index contributed by atoms with van der Waals surface area (Å²) in [6, 6.07) is 17.5. The molecule has 128 valence electrons. The molecule has 0 fully saturated rings. The highest BCUT2D eigenvalue weighted by Gasteiger charge is 2.13. The van der Waals surface area contributed by atoms with Gasteiger partial charge in [0.25, 0.3) is 0 Å². The number of ketones is 1. The summed E-state index contributed by atoms with van der Waals surface area (Å²) >= 11 is 0. The number of fused-ring (bicyclic) bond motifs is 1. The highest BCUT2D eigenvalue weighted by atomic mass is 16.1. The summed E-state index contributed by atoms with van der Waals surface area (Å²) < 4.78 is 1.95. The van der Waals surface area contributed by atoms with Crippen LogP contribution in [0.5, 0.6) is 0 Å². The molecule has 0 unspecified atom stereocenters. The Labute approximate surface area is 147 Å². The van der Waals surface area contributed by atoms with E-state index < -0.39 is 0 Å². The van der Waals surface area contributed by atoms with Crippen LogP contribution in [-0.4, -0.2) is 23.1 Å². The van der Waals surface area contributed by atoms with Crippen molar-refractivity contribution in [1.29, 1.82) is 0 Å². The molecular weight excluding hydrogens is 312 g/mol. The van der Waals surface area contributed by atoms with Crippen LogP contribution in [0.25, 0.3) is 5.52 Å². The number of carbonyl (C=O) groups is 2. The van der Waals surface area contributed by atoms with Crippen LogP contribution < -0.4 is 5.32 Å². The Bertz CT molecular complexity index is 853. The minimum Gasteiger partial charge on any atom is -0.359 e. The van der Waals surface area contributed by atoms with Crippen LogP contribution in [0, 0.1) is 0 Å². The Kier molecular flexibility index (Phi) is 5.62. The number of rotatable bonds is 9. The molecule has 2 aromatic heterocycles. The Hall–Kier alpha value is -2.88. The maximum atomic E-state index is 12.9. The van der Waals surface area contributed by atoms with Gasteiger partial charge >= 0.3 is 0 Å². The molecule has 1 aromatic carbocycles. The van der Waals surface area contributed by atoms with Crippen molar-refractivity contribution in [2.75, 3.05) is 6.54 Å². The van der Waals surface area contributed by atoms with Gasteiger partial charge in [-0.05, 0) is 49.1 Å². The van der Waals surface area contributed by atoms with Gasteiger partial charge in [-0.2, -0.15) is 0 Å². The first-order valence-corrected chi connectivity index (χ1v) is 8.66. The van der Waals surface area contributed by atoms with Crippen LogP contribution >= 0.6 is 0 Å². The van der Waals surface area contributed by atoms with Crippen molar-refractivity contribution in [3.05, 3.63) is 77.6 Å². The van der Waals surface area contributed by atoms with Gasteiger partial charge in [-0.3, -0.25) is 9.59 Å². The van der Waals surface area contributed by atoms with Crippen molar-refractivity contribution in [3.8, 4) is 0 Å². The molecule has 0 saturated carbocycles. The maximum absolute atomic E-state index is 12.9. The third-order valence-corrected chi connectivity index (χ3v) is 4.33. The Morgan fingerprint density at radius 3 is 2.64 bits per heavy atom. The Balaban J connectivity index is 1.77. The van der Waals surface area contributed by atoms with Gasteiger partial charge in [-0.15, -0.1) is 0 Å². The Morgan fingerprint density at radius 2 is 1.84 bits per heavy atom. The first kappa shape index (κ1) is 17.0. The topological polar surface area (TPSA) is 50.6 Å². The molecule has 0 aliphatic heterocycles. The predicted octanol–water partition coefficient (Wildman–Crippen LogP) is 3.63. The van der Waals surface area contributed by atoms with E-state index in [4.69, 9.17) is 0 Å². The van der Waals surface area contributed by atoms with Gasteiger partial charge in [0, 0.05) is 23.8 Å². The van der Waals surface area contributed by atoms with Crippen LogP contribution in [0.4, 0.5) is 0 Å². The second kappa shape index (κ2) is 8.29. The van der Waals surface area contributed by atoms with Gasteiger partial charge in [0.15, 0.2) is 0 Å². The molecule has 0 bridgehead atoms. The molecule has 3 aromatic rings. The molecule has 0 spiro atoms. The quantitative estimate of drug-likeness (QED) is 0.369. The molecule has 0 radical (unpaired) electrons. The molecule has 25 heavy (non-hydrogen) atoms. The van der Waals surface area contributed by atoms with Gasteiger partial charge < -0.3 is 9.72 Å². The van der Waals surface area contributed by atoms with E-state index in [0.717, 1.165) is 44.2 Å². The van der Waals surface area contributed by atoms with E-state index in [9.17, 15) is 9.59 Å². The fourth-order valence-electron chi connectivity index (χ4n) is 3.06. The lowest BCUT2D eigenvalue weighted by atomic mass is 10.0. The van der Waals surface area contributed by atoms with Crippen molar-refractivity contribution in [3.63, 3.8) is 0 Å². The minimum atomic E-state index is 0.0406. The van der Waals surface area contributed by atoms with Gasteiger partial charge in [-0.1, -0.05) is 36.8 Å². The van der Waals surface area contributed by atoms with Crippen molar-refractivity contribution < 1.29 is 9.59 Å². The first-order chi connectivity index (χ1) is 12.3. The van der Waals surface area contributed by atoms with Crippen LogP contribution in [0.15, 0.2) is 60.8 Å². The number of amides is 1. The lowest BCUT2D eigenvalue weighted by Crippen LogP contribution is -2.11. The van der Waals surface area contributed by atoms with Gasteiger partial charge in [0.1, 0.15) is 0 Å². The molecule has 0 aliphatic carbocycles. The SMILES string of the molecule is O=CNCCCCCc1cc(C(=O)c2ccccc2)n2cccc2c1. The second-order valence-electron chi connectivity index (χ2n) is 6.13. The minimum absolute atomic E-state index is 0.0406. The maximum Gasteiger partial charge on any atom is 0.209 e. The summed E-state index contributed by atoms with van der Waals surface area (Å²) in [6.07, 6.45) is 6.66. The number of carbonyl (C=O) groups excluding carboxylic acids is 2. The molecule has 2 heterocycles. The van der Waals surface area contributed by atoms with Crippen LogP contribution in [0.2, 0.25) is 0 Å². The number of hydrogen-bond acceptors (Lipinski definition) is 2. The molecule has 0 saturated heterocycles. The monoisotopic (exact) mass is 334 g/mol. The molecule has 0 atom stereocenters. The van der Waals surface area contributed by atoms with E-state index >= 15 is 0 Å². The smallest absolute Gasteiger partial charge is 0.209 e. The zero-order valence-electron chi connectivity index (χ0n) is 14.2. The zero-order chi connectivity index (χ0) is 17.5. The number of nitrogens with zero attached hydrogens (tertiary/aromatic N) is 1. The standard InChI is InChI=1S/C21H22N2O2/c24-16-22-12-6-2-3-8-17-14-19-11-7-13-23(19)20(15-17)21(25)18-9-4-1-5-10-18/h1,4-5,7,9-11,13-16H,2-3,6,8,12H2,(H,22,24). The Morgan fingerprint density at radius 1 is 1.00 bits per heavy atom. The highest BCUT2D eigenvalue weighted by Crippen LogP contribution is 2.18. The largest absolute Gasteiger partial charge is 0.359 e. The van der Waals surface area contributed by atoms with E-state index in [2.05, 4.69) is 11.4 Å². The van der Waals surface area contributed by atoms with E-state index in [1.807, 2.05) is 59.1 Å². The highest BCUT2D eigenvalue weighted by molar-refractivity contribution is 6.08. The summed E-state index contributed by atoms with van der Waals surface area (Å²) in [7, 11) is 0. The normalized spacial score (nSPS) is 10.7. The molecule has 3 rings (SSSR count). The van der Waals surface area contributed by atoms with Gasteiger partial charge in [-0.25, -0.2) is 0 Å². The van der Waals surface area contributed by atoms with E-state index in [-0.39, 0.29) is 5.78 Å². The van der Waals surface area contributed by atoms with Crippen molar-refractivity contribution in [2.24, 2.45) is 0 Å². The van der Waals surface area contributed by atoms with Gasteiger partial charge in [0.2, 0.25) is 12.2 Å². The lowest BCUT2D eigenvalue weighted by Gasteiger charge is -2.10. The zero-order valence-corrected chi connectivity index (χ0v) is 14.2. The molecule has 0 aliphatic rings. The molecular formula is C21H22N2O2. The van der Waals surface area contributed by atoms with Crippen LogP contribution in [0.1, 0.15) is 40.9 Å². The van der Waals surface area contributed by atoms with Crippen molar-refractivity contribution >= 4 is 17.7 Å². The molecule has 4 nitrogen and oxygen atoms in total. The third-order valence-electron chi connectivity index (χ3n) is 4.33. The fraction of sp³-hybridized carbons (Fsp3) is 0.238. The van der Waals surface area contributed by atoms with Gasteiger partial charge in [0.05, 0.1) is 5.69 Å². The van der Waals surface area contributed by atoms with E-state index in [1.54, 1.807) is 0 Å². The van der Waals surface area contributed by atoms with Crippen molar-refractivity contribution in [1.82, 2.24) is 9.72 Å². The number of aryl methyl sites for hydroxylation is 1. The summed E-state index contributed by atoms with van der Waals surface area (Å²) in [6.45, 7) is 0.721. The summed E-state index contributed by atoms with van der Waals surface area (Å²) in [5.41, 5.74) is 3.62. The first-order valence-electron chi connectivity index (χ1n) is 8.66. The molecule has 1 N–H and O–H groups in total.